The lowest BCUT2D eigenvalue weighted by atomic mass is 10.1. The van der Waals surface area contributed by atoms with E-state index in [-0.39, 0.29) is 6.42 Å². The summed E-state index contributed by atoms with van der Waals surface area (Å²) in [6.07, 6.45) is -0.876. The molecule has 0 fully saturated rings. The Morgan fingerprint density at radius 1 is 1.32 bits per heavy atom. The van der Waals surface area contributed by atoms with E-state index in [1.165, 1.54) is 6.92 Å². The van der Waals surface area contributed by atoms with Crippen LogP contribution in [0.2, 0.25) is 0 Å². The predicted octanol–water partition coefficient (Wildman–Crippen LogP) is 0.417. The van der Waals surface area contributed by atoms with Crippen molar-refractivity contribution in [1.29, 1.82) is 0 Å². The second kappa shape index (κ2) is 5.60. The summed E-state index contributed by atoms with van der Waals surface area (Å²) in [5, 5.41) is 0. The summed E-state index contributed by atoms with van der Waals surface area (Å²) in [6, 6.07) is 5.23. The molecule has 1 amide bonds. The summed E-state index contributed by atoms with van der Waals surface area (Å²) >= 11 is 0. The number of ether oxygens (including phenoxy) is 3. The van der Waals surface area contributed by atoms with Gasteiger partial charge in [-0.1, -0.05) is 6.07 Å². The maximum absolute atomic E-state index is 11.6. The van der Waals surface area contributed by atoms with Gasteiger partial charge in [-0.2, -0.15) is 0 Å². The normalized spacial score (nSPS) is 14.6. The van der Waals surface area contributed by atoms with Crippen LogP contribution >= 0.6 is 0 Å². The first kappa shape index (κ1) is 13.2. The molecule has 0 spiro atoms. The van der Waals surface area contributed by atoms with Crippen LogP contribution < -0.4 is 15.2 Å². The molecule has 0 unspecified atom stereocenters. The molecule has 6 nitrogen and oxygen atoms in total. The van der Waals surface area contributed by atoms with Crippen LogP contribution in [-0.2, 0) is 20.7 Å². The molecule has 1 aromatic rings. The van der Waals surface area contributed by atoms with Gasteiger partial charge in [0.2, 0.25) is 0 Å². The van der Waals surface area contributed by atoms with Crippen molar-refractivity contribution in [2.24, 2.45) is 5.73 Å². The Morgan fingerprint density at radius 2 is 2.00 bits per heavy atom. The van der Waals surface area contributed by atoms with E-state index in [1.807, 2.05) is 0 Å². The highest BCUT2D eigenvalue weighted by molar-refractivity contribution is 5.82. The molecule has 1 aromatic carbocycles. The Bertz CT molecular complexity index is 500. The van der Waals surface area contributed by atoms with E-state index in [2.05, 4.69) is 0 Å². The molecule has 1 aliphatic heterocycles. The summed E-state index contributed by atoms with van der Waals surface area (Å²) in [5.41, 5.74) is 5.74. The van der Waals surface area contributed by atoms with Gasteiger partial charge in [0.25, 0.3) is 5.91 Å². The van der Waals surface area contributed by atoms with Gasteiger partial charge in [0, 0.05) is 0 Å². The molecule has 6 heteroatoms. The van der Waals surface area contributed by atoms with Crippen LogP contribution in [0.25, 0.3) is 0 Å². The fourth-order valence-corrected chi connectivity index (χ4v) is 1.66. The van der Waals surface area contributed by atoms with E-state index in [1.54, 1.807) is 18.2 Å². The molecule has 0 saturated heterocycles. The van der Waals surface area contributed by atoms with E-state index >= 15 is 0 Å². The third-order valence-corrected chi connectivity index (χ3v) is 2.66. The third kappa shape index (κ3) is 3.37. The van der Waals surface area contributed by atoms with Crippen LogP contribution in [-0.4, -0.2) is 31.2 Å². The molecule has 2 N–H and O–H groups in total. The SMILES string of the molecule is C[C@H](OC(=O)Cc1ccc2c(c1)OCCO2)C(N)=O. The van der Waals surface area contributed by atoms with Crippen molar-refractivity contribution in [3.05, 3.63) is 23.8 Å². The van der Waals surface area contributed by atoms with Crippen LogP contribution in [0, 0.1) is 0 Å². The minimum absolute atomic E-state index is 0.0499. The summed E-state index contributed by atoms with van der Waals surface area (Å²) in [5.74, 6) is 0.0897. The predicted molar refractivity (Wildman–Crippen MR) is 65.9 cm³/mol. The zero-order valence-electron chi connectivity index (χ0n) is 10.5. The van der Waals surface area contributed by atoms with Crippen LogP contribution in [0.4, 0.5) is 0 Å². The Labute approximate surface area is 110 Å². The highest BCUT2D eigenvalue weighted by Gasteiger charge is 2.17. The van der Waals surface area contributed by atoms with Gasteiger partial charge in [-0.15, -0.1) is 0 Å². The molecule has 19 heavy (non-hydrogen) atoms. The molecular weight excluding hydrogens is 250 g/mol. The molecule has 0 saturated carbocycles. The maximum atomic E-state index is 11.6. The summed E-state index contributed by atoms with van der Waals surface area (Å²) < 4.78 is 15.7. The lowest BCUT2D eigenvalue weighted by molar-refractivity contribution is -0.153. The van der Waals surface area contributed by atoms with Crippen molar-refractivity contribution in [2.45, 2.75) is 19.4 Å². The van der Waals surface area contributed by atoms with Crippen LogP contribution in [0.5, 0.6) is 11.5 Å². The van der Waals surface area contributed by atoms with Gasteiger partial charge < -0.3 is 19.9 Å². The monoisotopic (exact) mass is 265 g/mol. The standard InChI is InChI=1S/C13H15NO5/c1-8(13(14)16)19-12(15)7-9-2-3-10-11(6-9)18-5-4-17-10/h2-3,6,8H,4-5,7H2,1H3,(H2,14,16)/t8-/m0/s1. The Morgan fingerprint density at radius 3 is 2.68 bits per heavy atom. The number of hydrogen-bond donors (Lipinski definition) is 1. The van der Waals surface area contributed by atoms with Crippen LogP contribution in [0.1, 0.15) is 12.5 Å². The van der Waals surface area contributed by atoms with Gasteiger partial charge in [0.05, 0.1) is 6.42 Å². The van der Waals surface area contributed by atoms with Gasteiger partial charge in [0.15, 0.2) is 17.6 Å². The first-order chi connectivity index (χ1) is 9.06. The Balaban J connectivity index is 1.99. The van der Waals surface area contributed by atoms with Gasteiger partial charge in [-0.3, -0.25) is 9.59 Å². The number of nitrogens with two attached hydrogens (primary N) is 1. The van der Waals surface area contributed by atoms with Gasteiger partial charge in [-0.05, 0) is 24.6 Å². The van der Waals surface area contributed by atoms with Crippen molar-refractivity contribution in [3.63, 3.8) is 0 Å². The lowest BCUT2D eigenvalue weighted by Gasteiger charge is -2.18. The minimum Gasteiger partial charge on any atom is -0.486 e. The fraction of sp³-hybridized carbons (Fsp3) is 0.385. The molecule has 1 aliphatic rings. The zero-order valence-corrected chi connectivity index (χ0v) is 10.5. The smallest absolute Gasteiger partial charge is 0.311 e. The number of fused-ring (bicyclic) bond motifs is 1. The number of esters is 1. The molecule has 0 aromatic heterocycles. The van der Waals surface area contributed by atoms with Crippen molar-refractivity contribution >= 4 is 11.9 Å². The average molecular weight is 265 g/mol. The number of rotatable bonds is 4. The van der Waals surface area contributed by atoms with E-state index in [9.17, 15) is 9.59 Å². The Hall–Kier alpha value is -2.24. The molecular formula is C13H15NO5. The number of carbonyl (C=O) groups excluding carboxylic acids is 2. The van der Waals surface area contributed by atoms with Gasteiger partial charge >= 0.3 is 5.97 Å². The molecule has 2 rings (SSSR count). The number of amides is 1. The number of primary amides is 1. The van der Waals surface area contributed by atoms with Crippen molar-refractivity contribution in [3.8, 4) is 11.5 Å². The van der Waals surface area contributed by atoms with Crippen molar-refractivity contribution in [1.82, 2.24) is 0 Å². The van der Waals surface area contributed by atoms with Crippen LogP contribution in [0.3, 0.4) is 0 Å². The summed E-state index contributed by atoms with van der Waals surface area (Å²) in [4.78, 5) is 22.4. The summed E-state index contributed by atoms with van der Waals surface area (Å²) in [7, 11) is 0. The quantitative estimate of drug-likeness (QED) is 0.797. The highest BCUT2D eigenvalue weighted by atomic mass is 16.6. The van der Waals surface area contributed by atoms with Gasteiger partial charge in [0.1, 0.15) is 13.2 Å². The third-order valence-electron chi connectivity index (χ3n) is 2.66. The molecule has 1 atom stereocenters. The molecule has 0 aliphatic carbocycles. The first-order valence-corrected chi connectivity index (χ1v) is 5.93. The minimum atomic E-state index is -0.926. The van der Waals surface area contributed by atoms with E-state index < -0.39 is 18.0 Å². The lowest BCUT2D eigenvalue weighted by Crippen LogP contribution is -2.30. The average Bonchev–Trinajstić information content (AvgIpc) is 2.38. The zero-order chi connectivity index (χ0) is 13.8. The molecule has 0 bridgehead atoms. The van der Waals surface area contributed by atoms with Crippen molar-refractivity contribution < 1.29 is 23.8 Å². The molecule has 102 valence electrons. The fourth-order valence-electron chi connectivity index (χ4n) is 1.66. The van der Waals surface area contributed by atoms with Gasteiger partial charge in [-0.25, -0.2) is 0 Å². The van der Waals surface area contributed by atoms with Crippen molar-refractivity contribution in [2.75, 3.05) is 13.2 Å². The first-order valence-electron chi connectivity index (χ1n) is 5.93. The number of hydrogen-bond acceptors (Lipinski definition) is 5. The topological polar surface area (TPSA) is 87.8 Å². The van der Waals surface area contributed by atoms with E-state index in [0.717, 1.165) is 5.56 Å². The maximum Gasteiger partial charge on any atom is 0.311 e. The second-order valence-electron chi connectivity index (χ2n) is 4.19. The summed E-state index contributed by atoms with van der Waals surface area (Å²) in [6.45, 7) is 2.44. The molecule has 0 radical (unpaired) electrons. The van der Waals surface area contributed by atoms with E-state index in [0.29, 0.717) is 24.7 Å². The largest absolute Gasteiger partial charge is 0.486 e. The van der Waals surface area contributed by atoms with Crippen LogP contribution in [0.15, 0.2) is 18.2 Å². The Kier molecular flexibility index (Phi) is 3.89. The van der Waals surface area contributed by atoms with E-state index in [4.69, 9.17) is 19.9 Å². The number of benzene rings is 1. The second-order valence-corrected chi connectivity index (χ2v) is 4.19. The highest BCUT2D eigenvalue weighted by Crippen LogP contribution is 2.30. The number of carbonyl (C=O) groups is 2. The molecule has 1 heterocycles.